The van der Waals surface area contributed by atoms with Crippen molar-refractivity contribution >= 4 is 27.4 Å². The fourth-order valence-corrected chi connectivity index (χ4v) is 3.02. The van der Waals surface area contributed by atoms with Crippen LogP contribution >= 0.6 is 15.9 Å². The Labute approximate surface area is 105 Å². The van der Waals surface area contributed by atoms with E-state index < -0.39 is 0 Å². The van der Waals surface area contributed by atoms with Crippen molar-refractivity contribution in [3.05, 3.63) is 28.2 Å². The van der Waals surface area contributed by atoms with Gasteiger partial charge in [0.05, 0.1) is 0 Å². The Balaban J connectivity index is 2.32. The fourth-order valence-electron chi connectivity index (χ4n) is 2.50. The summed E-state index contributed by atoms with van der Waals surface area (Å²) in [5.41, 5.74) is 2.62. The highest BCUT2D eigenvalue weighted by Gasteiger charge is 2.29. The van der Waals surface area contributed by atoms with E-state index in [0.29, 0.717) is 12.5 Å². The molecule has 1 heterocycles. The topological polar surface area (TPSA) is 20.3 Å². The fraction of sp³-hybridized carbons (Fsp3) is 0.462. The number of nitrogens with zero attached hydrogens (tertiary/aromatic N) is 1. The second kappa shape index (κ2) is 4.58. The Morgan fingerprint density at radius 3 is 2.94 bits per heavy atom. The van der Waals surface area contributed by atoms with Crippen LogP contribution in [-0.4, -0.2) is 18.4 Å². The Kier molecular flexibility index (Phi) is 3.33. The molecule has 86 valence electrons. The van der Waals surface area contributed by atoms with Crippen LogP contribution in [0, 0.1) is 0 Å². The zero-order valence-corrected chi connectivity index (χ0v) is 11.3. The summed E-state index contributed by atoms with van der Waals surface area (Å²) < 4.78 is 1.16. The van der Waals surface area contributed by atoms with Gasteiger partial charge in [0.1, 0.15) is 5.78 Å². The number of benzene rings is 1. The van der Waals surface area contributed by atoms with Crippen molar-refractivity contribution in [3.63, 3.8) is 0 Å². The lowest BCUT2D eigenvalue weighted by Crippen LogP contribution is -2.33. The molecule has 1 aromatic rings. The molecule has 0 bridgehead atoms. The molecule has 1 unspecified atom stereocenters. The maximum absolute atomic E-state index is 11.3. The molecular formula is C13H16BrNO. The van der Waals surface area contributed by atoms with E-state index in [1.54, 1.807) is 6.92 Å². The van der Waals surface area contributed by atoms with Crippen LogP contribution in [0.3, 0.4) is 0 Å². The Hall–Kier alpha value is -0.830. The number of ketones is 1. The SMILES string of the molecule is CCN1c2cccc(Br)c2CC1CC(C)=O. The van der Waals surface area contributed by atoms with Gasteiger partial charge in [-0.15, -0.1) is 0 Å². The Morgan fingerprint density at radius 1 is 1.56 bits per heavy atom. The molecule has 0 amide bonds. The second-order valence-corrected chi connectivity index (χ2v) is 5.14. The van der Waals surface area contributed by atoms with Gasteiger partial charge in [-0.25, -0.2) is 0 Å². The minimum Gasteiger partial charge on any atom is -0.368 e. The zero-order valence-electron chi connectivity index (χ0n) is 9.66. The molecule has 0 spiro atoms. The van der Waals surface area contributed by atoms with Crippen LogP contribution in [0.15, 0.2) is 22.7 Å². The van der Waals surface area contributed by atoms with Gasteiger partial charge < -0.3 is 4.90 Å². The van der Waals surface area contributed by atoms with Gasteiger partial charge in [-0.05, 0) is 38.0 Å². The molecule has 0 radical (unpaired) electrons. The quantitative estimate of drug-likeness (QED) is 0.848. The van der Waals surface area contributed by atoms with Crippen molar-refractivity contribution in [2.45, 2.75) is 32.7 Å². The molecule has 0 fully saturated rings. The monoisotopic (exact) mass is 281 g/mol. The highest BCUT2D eigenvalue weighted by Crippen LogP contribution is 2.37. The molecule has 0 saturated carbocycles. The zero-order chi connectivity index (χ0) is 11.7. The molecule has 0 N–H and O–H groups in total. The molecule has 3 heteroatoms. The van der Waals surface area contributed by atoms with E-state index in [9.17, 15) is 4.79 Å². The normalized spacial score (nSPS) is 18.7. The van der Waals surface area contributed by atoms with Crippen LogP contribution in [0.4, 0.5) is 5.69 Å². The summed E-state index contributed by atoms with van der Waals surface area (Å²) in [6.45, 7) is 4.77. The van der Waals surface area contributed by atoms with Crippen LogP contribution in [-0.2, 0) is 11.2 Å². The van der Waals surface area contributed by atoms with E-state index in [-0.39, 0.29) is 5.78 Å². The number of likely N-dealkylation sites (N-methyl/N-ethyl adjacent to an activating group) is 1. The molecule has 2 nitrogen and oxygen atoms in total. The second-order valence-electron chi connectivity index (χ2n) is 4.29. The van der Waals surface area contributed by atoms with Crippen molar-refractivity contribution < 1.29 is 4.79 Å². The highest BCUT2D eigenvalue weighted by molar-refractivity contribution is 9.10. The van der Waals surface area contributed by atoms with E-state index in [4.69, 9.17) is 0 Å². The largest absolute Gasteiger partial charge is 0.368 e. The molecule has 0 aliphatic carbocycles. The van der Waals surface area contributed by atoms with Gasteiger partial charge in [-0.2, -0.15) is 0 Å². The molecule has 16 heavy (non-hydrogen) atoms. The standard InChI is InChI=1S/C13H16BrNO/c1-3-15-10(7-9(2)16)8-11-12(14)5-4-6-13(11)15/h4-6,10H,3,7-8H2,1-2H3. The molecular weight excluding hydrogens is 266 g/mol. The van der Waals surface area contributed by atoms with Crippen LogP contribution in [0.5, 0.6) is 0 Å². The van der Waals surface area contributed by atoms with Gasteiger partial charge in [0, 0.05) is 29.2 Å². The summed E-state index contributed by atoms with van der Waals surface area (Å²) in [6, 6.07) is 6.62. The third-order valence-corrected chi connectivity index (χ3v) is 3.89. The van der Waals surface area contributed by atoms with Crippen molar-refractivity contribution in [2.24, 2.45) is 0 Å². The van der Waals surface area contributed by atoms with Gasteiger partial charge in [-0.3, -0.25) is 4.79 Å². The van der Waals surface area contributed by atoms with E-state index in [1.807, 2.05) is 0 Å². The summed E-state index contributed by atoms with van der Waals surface area (Å²) in [4.78, 5) is 13.6. The van der Waals surface area contributed by atoms with Crippen molar-refractivity contribution in [1.82, 2.24) is 0 Å². The van der Waals surface area contributed by atoms with Crippen LogP contribution in [0.25, 0.3) is 0 Å². The first-order valence-electron chi connectivity index (χ1n) is 5.67. The molecule has 1 aliphatic heterocycles. The third kappa shape index (κ3) is 2.01. The average Bonchev–Trinajstić information content (AvgIpc) is 2.56. The van der Waals surface area contributed by atoms with Crippen molar-refractivity contribution in [1.29, 1.82) is 0 Å². The number of rotatable bonds is 3. The molecule has 1 aromatic carbocycles. The summed E-state index contributed by atoms with van der Waals surface area (Å²) >= 11 is 3.59. The van der Waals surface area contributed by atoms with Crippen LogP contribution < -0.4 is 4.90 Å². The number of carbonyl (C=O) groups excluding carboxylic acids is 1. The maximum atomic E-state index is 11.3. The maximum Gasteiger partial charge on any atom is 0.131 e. The van der Waals surface area contributed by atoms with Crippen LogP contribution in [0.1, 0.15) is 25.8 Å². The first-order chi connectivity index (χ1) is 7.63. The van der Waals surface area contributed by atoms with Crippen molar-refractivity contribution in [2.75, 3.05) is 11.4 Å². The van der Waals surface area contributed by atoms with Gasteiger partial charge in [0.15, 0.2) is 0 Å². The highest BCUT2D eigenvalue weighted by atomic mass is 79.9. The molecule has 2 rings (SSSR count). The summed E-state index contributed by atoms with van der Waals surface area (Å²) in [7, 11) is 0. The summed E-state index contributed by atoms with van der Waals surface area (Å²) in [5, 5.41) is 0. The molecule has 1 atom stereocenters. The van der Waals surface area contributed by atoms with E-state index in [2.05, 4.69) is 46.0 Å². The summed E-state index contributed by atoms with van der Waals surface area (Å²) in [5.74, 6) is 0.271. The Bertz CT molecular complexity index is 416. The molecule has 0 saturated heterocycles. The minimum absolute atomic E-state index is 0.271. The van der Waals surface area contributed by atoms with Crippen LogP contribution in [0.2, 0.25) is 0 Å². The summed E-state index contributed by atoms with van der Waals surface area (Å²) in [6.07, 6.45) is 1.62. The van der Waals surface area contributed by atoms with E-state index >= 15 is 0 Å². The lowest BCUT2D eigenvalue weighted by atomic mass is 10.1. The molecule has 1 aliphatic rings. The Morgan fingerprint density at radius 2 is 2.31 bits per heavy atom. The van der Waals surface area contributed by atoms with E-state index in [0.717, 1.165) is 17.4 Å². The first-order valence-corrected chi connectivity index (χ1v) is 6.46. The predicted molar refractivity (Wildman–Crippen MR) is 70.0 cm³/mol. The number of hydrogen-bond acceptors (Lipinski definition) is 2. The lowest BCUT2D eigenvalue weighted by molar-refractivity contribution is -0.117. The number of halogens is 1. The number of anilines is 1. The number of fused-ring (bicyclic) bond motifs is 1. The molecule has 0 aromatic heterocycles. The lowest BCUT2D eigenvalue weighted by Gasteiger charge is -2.25. The van der Waals surface area contributed by atoms with Gasteiger partial charge >= 0.3 is 0 Å². The number of carbonyl (C=O) groups is 1. The smallest absolute Gasteiger partial charge is 0.131 e. The first kappa shape index (κ1) is 11.6. The predicted octanol–water partition coefficient (Wildman–Crippen LogP) is 3.18. The van der Waals surface area contributed by atoms with Gasteiger partial charge in [0.2, 0.25) is 0 Å². The van der Waals surface area contributed by atoms with Gasteiger partial charge in [-0.1, -0.05) is 22.0 Å². The van der Waals surface area contributed by atoms with E-state index in [1.165, 1.54) is 11.3 Å². The third-order valence-electron chi connectivity index (χ3n) is 3.15. The minimum atomic E-state index is 0.271. The average molecular weight is 282 g/mol. The number of hydrogen-bond donors (Lipinski definition) is 0. The van der Waals surface area contributed by atoms with Gasteiger partial charge in [0.25, 0.3) is 0 Å². The number of Topliss-reactive ketones (excluding diaryl/α,β-unsaturated/α-hetero) is 1. The van der Waals surface area contributed by atoms with Crippen molar-refractivity contribution in [3.8, 4) is 0 Å².